The van der Waals surface area contributed by atoms with Gasteiger partial charge in [-0.2, -0.15) is 4.31 Å². The minimum absolute atomic E-state index is 0.137. The van der Waals surface area contributed by atoms with Crippen LogP contribution < -0.4 is 5.32 Å². The molecule has 6 heteroatoms. The molecule has 1 aromatic carbocycles. The first-order chi connectivity index (χ1) is 10.1. The van der Waals surface area contributed by atoms with Crippen LogP contribution in [0.2, 0.25) is 0 Å². The van der Waals surface area contributed by atoms with Crippen LogP contribution in [0.1, 0.15) is 33.1 Å². The summed E-state index contributed by atoms with van der Waals surface area (Å²) in [5, 5.41) is 12.3. The molecular formula is C15H26N2O3S. The second kappa shape index (κ2) is 9.02. The highest BCUT2D eigenvalue weighted by Crippen LogP contribution is 2.19. The van der Waals surface area contributed by atoms with Crippen molar-refractivity contribution in [2.75, 3.05) is 31.6 Å². The zero-order chi connectivity index (χ0) is 15.7. The van der Waals surface area contributed by atoms with Gasteiger partial charge in [0.2, 0.25) is 10.0 Å². The molecule has 1 aromatic rings. The molecule has 120 valence electrons. The van der Waals surface area contributed by atoms with Gasteiger partial charge < -0.3 is 10.4 Å². The summed E-state index contributed by atoms with van der Waals surface area (Å²) >= 11 is 0. The Bertz CT molecular complexity index is 500. The van der Waals surface area contributed by atoms with Crippen LogP contribution in [-0.2, 0) is 10.0 Å². The normalized spacial score (nSPS) is 11.8. The van der Waals surface area contributed by atoms with E-state index in [-0.39, 0.29) is 18.0 Å². The van der Waals surface area contributed by atoms with Crippen LogP contribution in [0.25, 0.3) is 0 Å². The average Bonchev–Trinajstić information content (AvgIpc) is 2.49. The Morgan fingerprint density at radius 2 is 1.76 bits per heavy atom. The van der Waals surface area contributed by atoms with Gasteiger partial charge >= 0.3 is 0 Å². The van der Waals surface area contributed by atoms with E-state index >= 15 is 0 Å². The fourth-order valence-corrected chi connectivity index (χ4v) is 3.43. The fourth-order valence-electron chi connectivity index (χ4n) is 1.96. The molecule has 21 heavy (non-hydrogen) atoms. The summed E-state index contributed by atoms with van der Waals surface area (Å²) in [6, 6.07) is 6.78. The van der Waals surface area contributed by atoms with Crippen molar-refractivity contribution in [2.45, 2.75) is 38.0 Å². The van der Waals surface area contributed by atoms with Crippen molar-refractivity contribution in [1.82, 2.24) is 4.31 Å². The van der Waals surface area contributed by atoms with Crippen LogP contribution in [0, 0.1) is 0 Å². The van der Waals surface area contributed by atoms with Crippen LogP contribution in [0.5, 0.6) is 0 Å². The molecule has 0 heterocycles. The highest BCUT2D eigenvalue weighted by molar-refractivity contribution is 7.89. The summed E-state index contributed by atoms with van der Waals surface area (Å²) in [6.07, 6.45) is 2.72. The second-order valence-corrected chi connectivity index (χ2v) is 6.87. The first-order valence-electron chi connectivity index (χ1n) is 7.51. The van der Waals surface area contributed by atoms with E-state index in [1.165, 1.54) is 4.31 Å². The summed E-state index contributed by atoms with van der Waals surface area (Å²) in [5.41, 5.74) is 0.915. The number of anilines is 1. The van der Waals surface area contributed by atoms with E-state index in [9.17, 15) is 8.42 Å². The van der Waals surface area contributed by atoms with Gasteiger partial charge in [0.1, 0.15) is 0 Å². The van der Waals surface area contributed by atoms with E-state index < -0.39 is 10.0 Å². The van der Waals surface area contributed by atoms with E-state index in [2.05, 4.69) is 12.2 Å². The van der Waals surface area contributed by atoms with E-state index in [0.29, 0.717) is 6.54 Å². The molecule has 0 aliphatic carbocycles. The van der Waals surface area contributed by atoms with Gasteiger partial charge in [-0.3, -0.25) is 0 Å². The SMILES string of the molecule is CCCCN(CCO)S(=O)(=O)c1ccc(NCCC)cc1. The van der Waals surface area contributed by atoms with E-state index in [0.717, 1.165) is 31.5 Å². The average molecular weight is 314 g/mol. The number of nitrogens with zero attached hydrogens (tertiary/aromatic N) is 1. The molecule has 0 aliphatic rings. The third-order valence-corrected chi connectivity index (χ3v) is 5.09. The van der Waals surface area contributed by atoms with Gasteiger partial charge in [-0.25, -0.2) is 8.42 Å². The lowest BCUT2D eigenvalue weighted by Crippen LogP contribution is -2.34. The molecule has 0 spiro atoms. The third-order valence-electron chi connectivity index (χ3n) is 3.18. The molecule has 0 aliphatic heterocycles. The van der Waals surface area contributed by atoms with Crippen LogP contribution in [0.3, 0.4) is 0 Å². The van der Waals surface area contributed by atoms with Crippen LogP contribution in [0.15, 0.2) is 29.2 Å². The Kier molecular flexibility index (Phi) is 7.71. The smallest absolute Gasteiger partial charge is 0.243 e. The number of aliphatic hydroxyl groups is 1. The number of aliphatic hydroxyl groups excluding tert-OH is 1. The first kappa shape index (κ1) is 17.9. The molecular weight excluding hydrogens is 288 g/mol. The minimum Gasteiger partial charge on any atom is -0.395 e. The number of rotatable bonds is 10. The Balaban J connectivity index is 2.88. The largest absolute Gasteiger partial charge is 0.395 e. The maximum Gasteiger partial charge on any atom is 0.243 e. The Morgan fingerprint density at radius 3 is 2.29 bits per heavy atom. The van der Waals surface area contributed by atoms with Crippen molar-refractivity contribution in [2.24, 2.45) is 0 Å². The molecule has 0 radical (unpaired) electrons. The maximum atomic E-state index is 12.5. The monoisotopic (exact) mass is 314 g/mol. The number of sulfonamides is 1. The molecule has 0 saturated heterocycles. The number of hydrogen-bond donors (Lipinski definition) is 2. The zero-order valence-corrected chi connectivity index (χ0v) is 13.7. The molecule has 0 amide bonds. The summed E-state index contributed by atoms with van der Waals surface area (Å²) < 4.78 is 26.4. The third kappa shape index (κ3) is 5.30. The van der Waals surface area contributed by atoms with E-state index in [4.69, 9.17) is 5.11 Å². The number of hydrogen-bond acceptors (Lipinski definition) is 4. The quantitative estimate of drug-likeness (QED) is 0.695. The number of benzene rings is 1. The lowest BCUT2D eigenvalue weighted by molar-refractivity contribution is 0.252. The van der Waals surface area contributed by atoms with Crippen molar-refractivity contribution in [3.63, 3.8) is 0 Å². The van der Waals surface area contributed by atoms with Crippen LogP contribution in [-0.4, -0.2) is 44.1 Å². The predicted molar refractivity (Wildman–Crippen MR) is 86.0 cm³/mol. The number of unbranched alkanes of at least 4 members (excludes halogenated alkanes) is 1. The topological polar surface area (TPSA) is 69.6 Å². The highest BCUT2D eigenvalue weighted by Gasteiger charge is 2.23. The molecule has 1 rings (SSSR count). The van der Waals surface area contributed by atoms with Gasteiger partial charge in [0, 0.05) is 25.3 Å². The van der Waals surface area contributed by atoms with Gasteiger partial charge in [0.05, 0.1) is 11.5 Å². The molecule has 0 fully saturated rings. The molecule has 0 bridgehead atoms. The van der Waals surface area contributed by atoms with E-state index in [1.807, 2.05) is 6.92 Å². The fraction of sp³-hybridized carbons (Fsp3) is 0.600. The van der Waals surface area contributed by atoms with Gasteiger partial charge in [-0.15, -0.1) is 0 Å². The minimum atomic E-state index is -3.53. The molecule has 0 unspecified atom stereocenters. The summed E-state index contributed by atoms with van der Waals surface area (Å²) in [5.74, 6) is 0. The highest BCUT2D eigenvalue weighted by atomic mass is 32.2. The van der Waals surface area contributed by atoms with Crippen molar-refractivity contribution < 1.29 is 13.5 Å². The lowest BCUT2D eigenvalue weighted by atomic mass is 10.3. The summed E-state index contributed by atoms with van der Waals surface area (Å²) in [6.45, 7) is 5.36. The molecule has 0 atom stereocenters. The van der Waals surface area contributed by atoms with Gasteiger partial charge in [0.25, 0.3) is 0 Å². The van der Waals surface area contributed by atoms with Crippen LogP contribution >= 0.6 is 0 Å². The van der Waals surface area contributed by atoms with Crippen LogP contribution in [0.4, 0.5) is 5.69 Å². The Labute approximate surface area is 128 Å². The zero-order valence-electron chi connectivity index (χ0n) is 12.9. The van der Waals surface area contributed by atoms with Gasteiger partial charge in [0.15, 0.2) is 0 Å². The Hall–Kier alpha value is -1.11. The number of nitrogens with one attached hydrogen (secondary N) is 1. The lowest BCUT2D eigenvalue weighted by Gasteiger charge is -2.21. The first-order valence-corrected chi connectivity index (χ1v) is 8.95. The summed E-state index contributed by atoms with van der Waals surface area (Å²) in [4.78, 5) is 0.272. The Morgan fingerprint density at radius 1 is 1.10 bits per heavy atom. The molecule has 0 aromatic heterocycles. The maximum absolute atomic E-state index is 12.5. The predicted octanol–water partition coefficient (Wildman–Crippen LogP) is 2.29. The summed E-state index contributed by atoms with van der Waals surface area (Å²) in [7, 11) is -3.53. The molecule has 0 saturated carbocycles. The molecule has 5 nitrogen and oxygen atoms in total. The van der Waals surface area contributed by atoms with E-state index in [1.54, 1.807) is 24.3 Å². The van der Waals surface area contributed by atoms with Crippen molar-refractivity contribution in [3.05, 3.63) is 24.3 Å². The van der Waals surface area contributed by atoms with Gasteiger partial charge in [-0.1, -0.05) is 20.3 Å². The standard InChI is InChI=1S/C15H26N2O3S/c1-3-5-11-17(12-13-18)21(19,20)15-8-6-14(7-9-15)16-10-4-2/h6-9,16,18H,3-5,10-13H2,1-2H3. The van der Waals surface area contributed by atoms with Crippen molar-refractivity contribution >= 4 is 15.7 Å². The van der Waals surface area contributed by atoms with Crippen molar-refractivity contribution in [1.29, 1.82) is 0 Å². The van der Waals surface area contributed by atoms with Gasteiger partial charge in [-0.05, 0) is 37.1 Å². The molecule has 2 N–H and O–H groups in total. The van der Waals surface area contributed by atoms with Crippen molar-refractivity contribution in [3.8, 4) is 0 Å². The second-order valence-electron chi connectivity index (χ2n) is 4.93.